The van der Waals surface area contributed by atoms with Crippen molar-refractivity contribution in [3.63, 3.8) is 0 Å². The maximum atomic E-state index is 13.7. The van der Waals surface area contributed by atoms with E-state index in [2.05, 4.69) is 27.7 Å². The Morgan fingerprint density at radius 2 is 0.634 bits per heavy atom. The fourth-order valence-electron chi connectivity index (χ4n) is 7.83. The average molecular weight is 1010 g/mol. The molecule has 0 aromatic rings. The molecule has 1 amide bonds. The molecule has 0 saturated carbocycles. The minimum Gasteiger partial charge on any atom is -0.465 e. The number of carbonyl (C=O) groups excluding carboxylic acids is 7. The third-order valence-electron chi connectivity index (χ3n) is 12.0. The molecule has 412 valence electrons. The number of amides is 1. The van der Waals surface area contributed by atoms with E-state index >= 15 is 0 Å². The van der Waals surface area contributed by atoms with Crippen LogP contribution in [0.1, 0.15) is 182 Å². The molecule has 2 atom stereocenters. The highest BCUT2D eigenvalue weighted by Gasteiger charge is 2.42. The summed E-state index contributed by atoms with van der Waals surface area (Å²) in [5.74, 6) is -4.16. The van der Waals surface area contributed by atoms with Gasteiger partial charge in [-0.2, -0.15) is 0 Å². The largest absolute Gasteiger partial charge is 0.465 e. The summed E-state index contributed by atoms with van der Waals surface area (Å²) in [7, 11) is 3.66. The highest BCUT2D eigenvalue weighted by atomic mass is 16.6. The summed E-state index contributed by atoms with van der Waals surface area (Å²) >= 11 is 0. The van der Waals surface area contributed by atoms with E-state index in [1.54, 1.807) is 0 Å². The van der Waals surface area contributed by atoms with Gasteiger partial charge in [0.15, 0.2) is 12.2 Å². The van der Waals surface area contributed by atoms with Gasteiger partial charge in [0, 0.05) is 6.54 Å². The first kappa shape index (κ1) is 65.0. The van der Waals surface area contributed by atoms with Crippen LogP contribution in [0.25, 0.3) is 0 Å². The summed E-state index contributed by atoms with van der Waals surface area (Å²) in [6.07, 6.45) is 21.1. The van der Waals surface area contributed by atoms with Crippen LogP contribution in [0, 0.1) is 0 Å². The normalized spacial score (nSPS) is 14.5. The Balaban J connectivity index is 3.15. The van der Waals surface area contributed by atoms with Crippen molar-refractivity contribution in [1.82, 2.24) is 19.6 Å². The first-order valence-corrected chi connectivity index (χ1v) is 27.3. The van der Waals surface area contributed by atoms with E-state index in [0.717, 1.165) is 128 Å². The first-order valence-electron chi connectivity index (χ1n) is 27.3. The van der Waals surface area contributed by atoms with Gasteiger partial charge < -0.3 is 43.0 Å². The van der Waals surface area contributed by atoms with E-state index in [-0.39, 0.29) is 72.3 Å². The van der Waals surface area contributed by atoms with Gasteiger partial charge in [0.1, 0.15) is 6.61 Å². The van der Waals surface area contributed by atoms with Crippen molar-refractivity contribution >= 4 is 41.9 Å². The topological polar surface area (TPSA) is 197 Å². The van der Waals surface area contributed by atoms with Gasteiger partial charge in [-0.25, -0.2) is 4.79 Å². The van der Waals surface area contributed by atoms with Crippen LogP contribution in [0.3, 0.4) is 0 Å². The molecule has 1 fully saturated rings. The van der Waals surface area contributed by atoms with Crippen LogP contribution in [0.5, 0.6) is 0 Å². The lowest BCUT2D eigenvalue weighted by Crippen LogP contribution is -2.44. The second-order valence-corrected chi connectivity index (χ2v) is 19.1. The molecule has 0 N–H and O–H groups in total. The zero-order chi connectivity index (χ0) is 52.3. The molecule has 71 heavy (non-hydrogen) atoms. The van der Waals surface area contributed by atoms with E-state index in [9.17, 15) is 33.6 Å². The second-order valence-electron chi connectivity index (χ2n) is 19.1. The Kier molecular flexibility index (Phi) is 39.9. The molecule has 1 heterocycles. The minimum absolute atomic E-state index is 0.0784. The van der Waals surface area contributed by atoms with Crippen LogP contribution in [0.15, 0.2) is 0 Å². The Morgan fingerprint density at radius 3 is 0.915 bits per heavy atom. The third-order valence-corrected chi connectivity index (χ3v) is 12.0. The molecule has 1 rings (SSSR count). The standard InChI is InChI=1S/C53H96N4O14/c1-7-11-15-19-23-27-32-65-47(58)39-55(40-48(59)66-33-28-24-20-16-12-8-2)43-51(62)70-45-37-57(53(64)69-36-31-54(5)6)38-46(45)71-52(63)44-56(41-49(60)67-34-29-25-21-17-13-9-3)42-50(61)68-35-30-26-22-18-14-10-4/h45-46H,7-44H2,1-6H3/t45-,46-/m0/s1. The second kappa shape index (κ2) is 43.5. The summed E-state index contributed by atoms with van der Waals surface area (Å²) in [4.78, 5) is 98.3. The van der Waals surface area contributed by atoms with Gasteiger partial charge in [0.05, 0.1) is 78.8 Å². The number of esters is 6. The molecule has 0 bridgehead atoms. The highest BCUT2D eigenvalue weighted by molar-refractivity contribution is 5.79. The molecule has 1 saturated heterocycles. The number of hydrogen-bond acceptors (Lipinski definition) is 17. The summed E-state index contributed by atoms with van der Waals surface area (Å²) in [5.41, 5.74) is 0. The Hall–Kier alpha value is -4.03. The van der Waals surface area contributed by atoms with Gasteiger partial charge in [-0.3, -0.25) is 38.6 Å². The SMILES string of the molecule is CCCCCCCCOC(=O)CN(CC(=O)OCCCCCCCC)CC(=O)O[C@H]1CN(C(=O)OCCN(C)C)C[C@@H]1OC(=O)CN(CC(=O)OCCCCCCCC)CC(=O)OCCCCCCCC. The van der Waals surface area contributed by atoms with Gasteiger partial charge in [-0.15, -0.1) is 0 Å². The molecule has 0 radical (unpaired) electrons. The van der Waals surface area contributed by atoms with Gasteiger partial charge in [-0.05, 0) is 39.8 Å². The Labute approximate surface area is 427 Å². The summed E-state index contributed by atoms with van der Waals surface area (Å²) < 4.78 is 39.0. The van der Waals surface area contributed by atoms with Crippen LogP contribution >= 0.6 is 0 Å². The lowest BCUT2D eigenvalue weighted by Gasteiger charge is -2.24. The van der Waals surface area contributed by atoms with Gasteiger partial charge in [0.25, 0.3) is 0 Å². The lowest BCUT2D eigenvalue weighted by molar-refractivity contribution is -0.167. The van der Waals surface area contributed by atoms with Crippen LogP contribution in [0.4, 0.5) is 4.79 Å². The van der Waals surface area contributed by atoms with E-state index in [1.807, 2.05) is 19.0 Å². The highest BCUT2D eigenvalue weighted by Crippen LogP contribution is 2.20. The van der Waals surface area contributed by atoms with Crippen molar-refractivity contribution in [3.05, 3.63) is 0 Å². The fraction of sp³-hybridized carbons (Fsp3) is 0.868. The van der Waals surface area contributed by atoms with Gasteiger partial charge in [0.2, 0.25) is 0 Å². The lowest BCUT2D eigenvalue weighted by atomic mass is 10.1. The van der Waals surface area contributed by atoms with Crippen molar-refractivity contribution < 1.29 is 66.7 Å². The maximum Gasteiger partial charge on any atom is 0.410 e. The maximum absolute atomic E-state index is 13.7. The molecule has 0 spiro atoms. The third kappa shape index (κ3) is 36.5. The van der Waals surface area contributed by atoms with Gasteiger partial charge >= 0.3 is 41.9 Å². The van der Waals surface area contributed by atoms with Crippen molar-refractivity contribution in [3.8, 4) is 0 Å². The summed E-state index contributed by atoms with van der Waals surface area (Å²) in [6.45, 7) is 6.98. The zero-order valence-electron chi connectivity index (χ0n) is 45.0. The molecule has 1 aliphatic rings. The predicted octanol–water partition coefficient (Wildman–Crippen LogP) is 8.04. The molecule has 0 unspecified atom stereocenters. The molecule has 18 heteroatoms. The molecule has 1 aliphatic heterocycles. The Morgan fingerprint density at radius 1 is 0.366 bits per heavy atom. The molecule has 0 aromatic carbocycles. The van der Waals surface area contributed by atoms with Gasteiger partial charge in [-0.1, -0.05) is 156 Å². The monoisotopic (exact) mass is 1010 g/mol. The molecular weight excluding hydrogens is 917 g/mol. The van der Waals surface area contributed by atoms with E-state index in [1.165, 1.54) is 14.7 Å². The van der Waals surface area contributed by atoms with Crippen LogP contribution < -0.4 is 0 Å². The Bertz CT molecular complexity index is 1300. The predicted molar refractivity (Wildman–Crippen MR) is 271 cm³/mol. The zero-order valence-corrected chi connectivity index (χ0v) is 45.0. The number of ether oxygens (including phenoxy) is 7. The smallest absolute Gasteiger partial charge is 0.410 e. The van der Waals surface area contributed by atoms with Crippen molar-refractivity contribution in [2.75, 3.05) is 106 Å². The summed E-state index contributed by atoms with van der Waals surface area (Å²) in [5, 5.41) is 0. The number of rotatable bonds is 45. The quantitative estimate of drug-likeness (QED) is 0.0322. The number of likely N-dealkylation sites (tertiary alicyclic amines) is 1. The number of unbranched alkanes of at least 4 members (excludes halogenated alkanes) is 20. The van der Waals surface area contributed by atoms with E-state index in [0.29, 0.717) is 32.2 Å². The van der Waals surface area contributed by atoms with E-state index < -0.39 is 67.2 Å². The molecular formula is C53H96N4O14. The number of likely N-dealkylation sites (N-methyl/N-ethyl adjacent to an activating group) is 1. The van der Waals surface area contributed by atoms with E-state index in [4.69, 9.17) is 33.2 Å². The average Bonchev–Trinajstić information content (AvgIpc) is 3.71. The van der Waals surface area contributed by atoms with Crippen LogP contribution in [-0.4, -0.2) is 180 Å². The molecule has 18 nitrogen and oxygen atoms in total. The molecule has 0 aromatic heterocycles. The first-order chi connectivity index (χ1) is 34.3. The number of hydrogen-bond donors (Lipinski definition) is 0. The van der Waals surface area contributed by atoms with Crippen molar-refractivity contribution in [1.29, 1.82) is 0 Å². The van der Waals surface area contributed by atoms with Crippen molar-refractivity contribution in [2.24, 2.45) is 0 Å². The summed E-state index contributed by atoms with van der Waals surface area (Å²) in [6, 6.07) is 0. The minimum atomic E-state index is -1.17. The number of nitrogens with zero attached hydrogens (tertiary/aromatic N) is 4. The van der Waals surface area contributed by atoms with Crippen LogP contribution in [-0.2, 0) is 61.9 Å². The van der Waals surface area contributed by atoms with Crippen molar-refractivity contribution in [2.45, 2.75) is 194 Å². The number of carbonyl (C=O) groups is 7. The molecule has 0 aliphatic carbocycles. The van der Waals surface area contributed by atoms with Crippen LogP contribution in [0.2, 0.25) is 0 Å². The fourth-order valence-corrected chi connectivity index (χ4v) is 7.83.